The van der Waals surface area contributed by atoms with E-state index in [2.05, 4.69) is 10.4 Å². The lowest BCUT2D eigenvalue weighted by Crippen LogP contribution is -2.41. The normalized spacial score (nSPS) is 14.2. The van der Waals surface area contributed by atoms with Crippen molar-refractivity contribution in [2.24, 2.45) is 0 Å². The molecule has 1 aliphatic heterocycles. The summed E-state index contributed by atoms with van der Waals surface area (Å²) >= 11 is 0. The lowest BCUT2D eigenvalue weighted by molar-refractivity contribution is 0.0203. The van der Waals surface area contributed by atoms with E-state index in [1.54, 1.807) is 47.2 Å². The van der Waals surface area contributed by atoms with Crippen LogP contribution in [0.5, 0.6) is 5.75 Å². The Morgan fingerprint density at radius 1 is 1.03 bits per heavy atom. The Morgan fingerprint density at radius 2 is 1.71 bits per heavy atom. The van der Waals surface area contributed by atoms with Crippen LogP contribution in [0.4, 0.5) is 10.5 Å². The van der Waals surface area contributed by atoms with E-state index >= 15 is 0 Å². The van der Waals surface area contributed by atoms with Gasteiger partial charge in [0.25, 0.3) is 5.91 Å². The van der Waals surface area contributed by atoms with Crippen molar-refractivity contribution in [2.75, 3.05) is 25.5 Å². The van der Waals surface area contributed by atoms with Crippen molar-refractivity contribution in [3.05, 3.63) is 71.5 Å². The maximum atomic E-state index is 13.5. The molecule has 0 unspecified atom stereocenters. The predicted octanol–water partition coefficient (Wildman–Crippen LogP) is 5.45. The van der Waals surface area contributed by atoms with Crippen molar-refractivity contribution in [2.45, 2.75) is 52.1 Å². The van der Waals surface area contributed by atoms with Gasteiger partial charge < -0.3 is 19.7 Å². The van der Waals surface area contributed by atoms with Gasteiger partial charge in [0.2, 0.25) is 0 Å². The van der Waals surface area contributed by atoms with Crippen molar-refractivity contribution in [3.8, 4) is 11.4 Å². The molecule has 9 heteroatoms. The molecule has 0 spiro atoms. The van der Waals surface area contributed by atoms with Crippen LogP contribution in [0.25, 0.3) is 5.69 Å². The third-order valence-electron chi connectivity index (χ3n) is 6.43. The van der Waals surface area contributed by atoms with Gasteiger partial charge in [-0.3, -0.25) is 9.59 Å². The maximum absolute atomic E-state index is 13.5. The minimum Gasteiger partial charge on any atom is -0.497 e. The second kappa shape index (κ2) is 11.1. The molecule has 2 amide bonds. The van der Waals surface area contributed by atoms with Crippen molar-refractivity contribution in [1.29, 1.82) is 0 Å². The van der Waals surface area contributed by atoms with Crippen molar-refractivity contribution in [1.82, 2.24) is 14.7 Å². The number of nitrogens with zero attached hydrogens (tertiary/aromatic N) is 3. The lowest BCUT2D eigenvalue weighted by Gasteiger charge is -2.34. The number of carbonyl (C=O) groups excluding carboxylic acids is 3. The zero-order valence-electron chi connectivity index (χ0n) is 22.5. The van der Waals surface area contributed by atoms with E-state index in [-0.39, 0.29) is 23.7 Å². The van der Waals surface area contributed by atoms with Gasteiger partial charge in [0.1, 0.15) is 11.4 Å². The van der Waals surface area contributed by atoms with Crippen LogP contribution in [0.3, 0.4) is 0 Å². The Morgan fingerprint density at radius 3 is 2.32 bits per heavy atom. The molecule has 4 rings (SSSR count). The predicted molar refractivity (Wildman–Crippen MR) is 144 cm³/mol. The molecular formula is C29H34N4O5. The van der Waals surface area contributed by atoms with Crippen LogP contribution >= 0.6 is 0 Å². The van der Waals surface area contributed by atoms with Crippen LogP contribution in [0, 0.1) is 0 Å². The minimum absolute atomic E-state index is 0.0115. The van der Waals surface area contributed by atoms with Crippen molar-refractivity contribution < 1.29 is 23.9 Å². The maximum Gasteiger partial charge on any atom is 0.410 e. The van der Waals surface area contributed by atoms with Gasteiger partial charge in [-0.15, -0.1) is 0 Å². The Balaban J connectivity index is 1.62. The summed E-state index contributed by atoms with van der Waals surface area (Å²) in [4.78, 5) is 39.6. The average Bonchev–Trinajstić information content (AvgIpc) is 3.33. The molecule has 2 aromatic carbocycles. The summed E-state index contributed by atoms with van der Waals surface area (Å²) in [6.07, 6.45) is 2.55. The number of amides is 2. The molecule has 1 fully saturated rings. The molecule has 0 saturated carbocycles. The van der Waals surface area contributed by atoms with E-state index in [1.807, 2.05) is 45.0 Å². The molecule has 38 heavy (non-hydrogen) atoms. The van der Waals surface area contributed by atoms with Gasteiger partial charge in [-0.2, -0.15) is 5.10 Å². The first kappa shape index (κ1) is 26.9. The number of ketones is 1. The van der Waals surface area contributed by atoms with Gasteiger partial charge in [0, 0.05) is 30.3 Å². The number of ether oxygens (including phenoxy) is 2. The Labute approximate surface area is 222 Å². The average molecular weight is 519 g/mol. The van der Waals surface area contributed by atoms with Gasteiger partial charge in [-0.1, -0.05) is 12.1 Å². The summed E-state index contributed by atoms with van der Waals surface area (Å²) < 4.78 is 12.6. The van der Waals surface area contributed by atoms with Gasteiger partial charge in [-0.25, -0.2) is 9.48 Å². The standard InChI is InChI=1S/C29H34N4O5/c1-19(34)21-7-6-8-22(17-21)31-27(35)25-18-30-33(23-9-11-24(37-5)12-10-23)26(25)20-13-15-32(16-14-20)28(36)38-29(2,3)4/h6-12,17-18,20H,13-16H2,1-5H3,(H,31,35). The van der Waals surface area contributed by atoms with E-state index in [4.69, 9.17) is 9.47 Å². The molecule has 1 aromatic heterocycles. The molecule has 0 radical (unpaired) electrons. The van der Waals surface area contributed by atoms with Crippen LogP contribution in [0.1, 0.15) is 72.9 Å². The van der Waals surface area contributed by atoms with Crippen LogP contribution in [-0.4, -0.2) is 58.3 Å². The minimum atomic E-state index is -0.564. The number of hydrogen-bond donors (Lipinski definition) is 1. The van der Waals surface area contributed by atoms with Crippen molar-refractivity contribution >= 4 is 23.5 Å². The van der Waals surface area contributed by atoms with Crippen LogP contribution in [0.15, 0.2) is 54.7 Å². The number of piperidine rings is 1. The van der Waals surface area contributed by atoms with Crippen LogP contribution in [-0.2, 0) is 4.74 Å². The first-order chi connectivity index (χ1) is 18.1. The molecule has 0 atom stereocenters. The molecule has 0 aliphatic carbocycles. The lowest BCUT2D eigenvalue weighted by atomic mass is 9.90. The van der Waals surface area contributed by atoms with E-state index < -0.39 is 5.60 Å². The van der Waals surface area contributed by atoms with Gasteiger partial charge >= 0.3 is 6.09 Å². The van der Waals surface area contributed by atoms with E-state index in [1.165, 1.54) is 6.92 Å². The van der Waals surface area contributed by atoms with Gasteiger partial charge in [0.15, 0.2) is 5.78 Å². The highest BCUT2D eigenvalue weighted by molar-refractivity contribution is 6.06. The highest BCUT2D eigenvalue weighted by Crippen LogP contribution is 2.33. The highest BCUT2D eigenvalue weighted by atomic mass is 16.6. The van der Waals surface area contributed by atoms with E-state index in [0.29, 0.717) is 42.7 Å². The summed E-state index contributed by atoms with van der Waals surface area (Å²) in [7, 11) is 1.61. The molecule has 1 N–H and O–H groups in total. The number of benzene rings is 2. The second-order valence-corrected chi connectivity index (χ2v) is 10.4. The second-order valence-electron chi connectivity index (χ2n) is 10.4. The quantitative estimate of drug-likeness (QED) is 0.435. The fourth-order valence-electron chi connectivity index (χ4n) is 4.53. The number of rotatable bonds is 6. The Hall–Kier alpha value is -4.14. The first-order valence-electron chi connectivity index (χ1n) is 12.7. The van der Waals surface area contributed by atoms with E-state index in [9.17, 15) is 14.4 Å². The first-order valence-corrected chi connectivity index (χ1v) is 12.7. The number of carbonyl (C=O) groups is 3. The largest absolute Gasteiger partial charge is 0.497 e. The monoisotopic (exact) mass is 518 g/mol. The van der Waals surface area contributed by atoms with Crippen LogP contribution < -0.4 is 10.1 Å². The molecule has 1 saturated heterocycles. The molecule has 9 nitrogen and oxygen atoms in total. The molecule has 1 aliphatic rings. The zero-order valence-corrected chi connectivity index (χ0v) is 22.5. The smallest absolute Gasteiger partial charge is 0.410 e. The molecule has 2 heterocycles. The fourth-order valence-corrected chi connectivity index (χ4v) is 4.53. The fraction of sp³-hybridized carbons (Fsp3) is 0.379. The Bertz CT molecular complexity index is 1320. The number of likely N-dealkylation sites (tertiary alicyclic amines) is 1. The number of methoxy groups -OCH3 is 1. The molecular weight excluding hydrogens is 484 g/mol. The summed E-state index contributed by atoms with van der Waals surface area (Å²) in [5.41, 5.74) is 2.51. The molecule has 0 bridgehead atoms. The number of Topliss-reactive ketones (excluding diaryl/α,β-unsaturated/α-hetero) is 1. The molecule has 200 valence electrons. The number of aromatic nitrogens is 2. The van der Waals surface area contributed by atoms with E-state index in [0.717, 1.165) is 17.1 Å². The van der Waals surface area contributed by atoms with Gasteiger partial charge in [-0.05, 0) is 76.9 Å². The third-order valence-corrected chi connectivity index (χ3v) is 6.43. The number of nitrogens with one attached hydrogen (secondary N) is 1. The van der Waals surface area contributed by atoms with Crippen molar-refractivity contribution in [3.63, 3.8) is 0 Å². The molecule has 3 aromatic rings. The van der Waals surface area contributed by atoms with Crippen LogP contribution in [0.2, 0.25) is 0 Å². The topological polar surface area (TPSA) is 103 Å². The summed E-state index contributed by atoms with van der Waals surface area (Å²) in [6.45, 7) is 8.05. The highest BCUT2D eigenvalue weighted by Gasteiger charge is 2.32. The summed E-state index contributed by atoms with van der Waals surface area (Å²) in [5, 5.41) is 7.50. The summed E-state index contributed by atoms with van der Waals surface area (Å²) in [5.74, 6) is 0.319. The third kappa shape index (κ3) is 6.22. The summed E-state index contributed by atoms with van der Waals surface area (Å²) in [6, 6.07) is 14.3. The number of anilines is 1. The van der Waals surface area contributed by atoms with Gasteiger partial charge in [0.05, 0.1) is 30.3 Å². The zero-order chi connectivity index (χ0) is 27.4. The SMILES string of the molecule is COc1ccc(-n2ncc(C(=O)Nc3cccc(C(C)=O)c3)c2C2CCN(C(=O)OC(C)(C)C)CC2)cc1. The Kier molecular flexibility index (Phi) is 7.85. The number of hydrogen-bond acceptors (Lipinski definition) is 6.